The van der Waals surface area contributed by atoms with Crippen molar-refractivity contribution in [2.75, 3.05) is 12.8 Å². The van der Waals surface area contributed by atoms with Crippen LogP contribution in [0.15, 0.2) is 60.7 Å². The highest BCUT2D eigenvalue weighted by Gasteiger charge is 2.18. The zero-order valence-corrected chi connectivity index (χ0v) is 20.9. The predicted molar refractivity (Wildman–Crippen MR) is 136 cm³/mol. The zero-order chi connectivity index (χ0) is 25.4. The lowest BCUT2D eigenvalue weighted by Crippen LogP contribution is -2.15. The van der Waals surface area contributed by atoms with Crippen molar-refractivity contribution in [2.24, 2.45) is 0 Å². The Bertz CT molecular complexity index is 1150. The zero-order valence-electron chi connectivity index (χ0n) is 19.9. The molecule has 0 saturated heterocycles. The van der Waals surface area contributed by atoms with Gasteiger partial charge in [0.1, 0.15) is 5.82 Å². The summed E-state index contributed by atoms with van der Waals surface area (Å²) in [5, 5.41) is 18.4. The van der Waals surface area contributed by atoms with Gasteiger partial charge in [-0.1, -0.05) is 56.3 Å². The van der Waals surface area contributed by atoms with Crippen LogP contribution < -0.4 is 0 Å². The Morgan fingerprint density at radius 1 is 1.09 bits per heavy atom. The summed E-state index contributed by atoms with van der Waals surface area (Å²) >= 11 is 0. The SMILES string of the molecule is CC(C)c1nc(-c2ccccc2)cc(-c2ccc(F)cc2)c1CCCO[PH](=O)C[C@@H](O)CC(=O)O. The van der Waals surface area contributed by atoms with Crippen molar-refractivity contribution in [3.05, 3.63) is 77.7 Å². The molecule has 8 heteroatoms. The number of benzene rings is 2. The Morgan fingerprint density at radius 3 is 2.40 bits per heavy atom. The minimum absolute atomic E-state index is 0.138. The summed E-state index contributed by atoms with van der Waals surface area (Å²) in [6.45, 7) is 4.36. The molecule has 2 aromatic carbocycles. The molecule has 0 bridgehead atoms. The second-order valence-corrected chi connectivity index (χ2v) is 10.2. The van der Waals surface area contributed by atoms with E-state index in [9.17, 15) is 18.9 Å². The quantitative estimate of drug-likeness (QED) is 0.237. The van der Waals surface area contributed by atoms with Crippen molar-refractivity contribution in [3.8, 4) is 22.4 Å². The summed E-state index contributed by atoms with van der Waals surface area (Å²) in [5.74, 6) is -1.31. The molecule has 0 radical (unpaired) electrons. The van der Waals surface area contributed by atoms with Crippen LogP contribution in [0.2, 0.25) is 0 Å². The van der Waals surface area contributed by atoms with Gasteiger partial charge in [-0.3, -0.25) is 14.3 Å². The van der Waals surface area contributed by atoms with Crippen molar-refractivity contribution < 1.29 is 28.5 Å². The number of carboxylic acid groups (broad SMARTS) is 1. The third-order valence-electron chi connectivity index (χ3n) is 5.57. The Hall–Kier alpha value is -2.86. The second-order valence-electron chi connectivity index (χ2n) is 8.73. The standard InChI is InChI=1S/C27H31FNO5P/c1-18(2)27-23(9-6-14-34-35(33)17-22(30)15-26(31)32)24(19-10-12-21(28)13-11-19)16-25(29-27)20-7-4-3-5-8-20/h3-5,7-8,10-13,16,18,22,30,35H,6,9,14-15,17H2,1-2H3,(H,31,32)/t22-/m0/s1. The number of aliphatic hydroxyl groups excluding tert-OH is 1. The molecule has 1 unspecified atom stereocenters. The smallest absolute Gasteiger partial charge is 0.305 e. The lowest BCUT2D eigenvalue weighted by atomic mass is 9.90. The number of carboxylic acids is 1. The summed E-state index contributed by atoms with van der Waals surface area (Å²) < 4.78 is 31.1. The van der Waals surface area contributed by atoms with E-state index in [0.29, 0.717) is 12.8 Å². The van der Waals surface area contributed by atoms with Gasteiger partial charge in [-0.2, -0.15) is 0 Å². The minimum Gasteiger partial charge on any atom is -0.481 e. The van der Waals surface area contributed by atoms with Gasteiger partial charge in [-0.15, -0.1) is 0 Å². The number of pyridine rings is 1. The third-order valence-corrected chi connectivity index (χ3v) is 6.91. The van der Waals surface area contributed by atoms with Gasteiger partial charge >= 0.3 is 5.97 Å². The van der Waals surface area contributed by atoms with Crippen molar-refractivity contribution in [1.82, 2.24) is 4.98 Å². The summed E-state index contributed by atoms with van der Waals surface area (Å²) in [6.07, 6.45) is -0.660. The maximum absolute atomic E-state index is 13.6. The van der Waals surface area contributed by atoms with Crippen molar-refractivity contribution in [2.45, 2.75) is 45.1 Å². The number of carbonyl (C=O) groups is 1. The van der Waals surface area contributed by atoms with E-state index in [0.717, 1.165) is 33.6 Å². The van der Waals surface area contributed by atoms with Crippen LogP contribution in [-0.4, -0.2) is 40.0 Å². The van der Waals surface area contributed by atoms with Crippen LogP contribution in [0.1, 0.15) is 43.9 Å². The Kier molecular flexibility index (Phi) is 9.73. The summed E-state index contributed by atoms with van der Waals surface area (Å²) in [4.78, 5) is 15.6. The van der Waals surface area contributed by atoms with Crippen LogP contribution in [0.25, 0.3) is 22.4 Å². The number of aliphatic carboxylic acids is 1. The maximum Gasteiger partial charge on any atom is 0.305 e. The molecule has 0 fully saturated rings. The highest BCUT2D eigenvalue weighted by Crippen LogP contribution is 2.34. The molecule has 3 aromatic rings. The fourth-order valence-electron chi connectivity index (χ4n) is 3.94. The molecular weight excluding hydrogens is 468 g/mol. The second kappa shape index (κ2) is 12.7. The number of hydrogen-bond acceptors (Lipinski definition) is 5. The Balaban J connectivity index is 1.84. The number of nitrogens with zero attached hydrogens (tertiary/aromatic N) is 1. The molecule has 3 rings (SSSR count). The van der Waals surface area contributed by atoms with Crippen LogP contribution in [0.5, 0.6) is 0 Å². The fraction of sp³-hybridized carbons (Fsp3) is 0.333. The molecule has 2 N–H and O–H groups in total. The van der Waals surface area contributed by atoms with E-state index in [1.54, 1.807) is 12.1 Å². The topological polar surface area (TPSA) is 96.7 Å². The number of hydrogen-bond donors (Lipinski definition) is 2. The van der Waals surface area contributed by atoms with Crippen LogP contribution in [0.4, 0.5) is 4.39 Å². The first kappa shape index (κ1) is 26.7. The predicted octanol–water partition coefficient (Wildman–Crippen LogP) is 5.94. The molecular formula is C27H31FNO5P. The van der Waals surface area contributed by atoms with Gasteiger partial charge in [-0.05, 0) is 53.6 Å². The molecule has 0 aliphatic rings. The van der Waals surface area contributed by atoms with Crippen molar-refractivity contribution in [3.63, 3.8) is 0 Å². The first-order chi connectivity index (χ1) is 16.7. The first-order valence-electron chi connectivity index (χ1n) is 11.6. The average molecular weight is 500 g/mol. The van der Waals surface area contributed by atoms with E-state index in [-0.39, 0.29) is 24.5 Å². The van der Waals surface area contributed by atoms with Crippen molar-refractivity contribution in [1.29, 1.82) is 0 Å². The largest absolute Gasteiger partial charge is 0.481 e. The molecule has 0 aliphatic heterocycles. The maximum atomic E-state index is 13.6. The van der Waals surface area contributed by atoms with E-state index >= 15 is 0 Å². The number of aromatic nitrogens is 1. The van der Waals surface area contributed by atoms with E-state index in [1.807, 2.05) is 36.4 Å². The Morgan fingerprint density at radius 2 is 1.77 bits per heavy atom. The number of halogens is 1. The molecule has 0 saturated carbocycles. The summed E-state index contributed by atoms with van der Waals surface area (Å²) in [7, 11) is -2.54. The molecule has 0 spiro atoms. The summed E-state index contributed by atoms with van der Waals surface area (Å²) in [5.41, 5.74) is 5.65. The van der Waals surface area contributed by atoms with E-state index < -0.39 is 26.5 Å². The average Bonchev–Trinajstić information content (AvgIpc) is 2.82. The van der Waals surface area contributed by atoms with E-state index in [2.05, 4.69) is 13.8 Å². The van der Waals surface area contributed by atoms with Crippen LogP contribution in [0, 0.1) is 5.82 Å². The lowest BCUT2D eigenvalue weighted by Gasteiger charge is -2.19. The lowest BCUT2D eigenvalue weighted by molar-refractivity contribution is -0.138. The van der Waals surface area contributed by atoms with Crippen LogP contribution >= 0.6 is 8.03 Å². The van der Waals surface area contributed by atoms with Gasteiger partial charge in [0.2, 0.25) is 0 Å². The van der Waals surface area contributed by atoms with Crippen LogP contribution in [-0.2, 0) is 20.3 Å². The van der Waals surface area contributed by atoms with Gasteiger partial charge in [0, 0.05) is 17.4 Å². The van der Waals surface area contributed by atoms with Gasteiger partial charge < -0.3 is 14.7 Å². The third kappa shape index (κ3) is 7.82. The van der Waals surface area contributed by atoms with Gasteiger partial charge in [0.25, 0.3) is 0 Å². The van der Waals surface area contributed by atoms with E-state index in [1.165, 1.54) is 12.1 Å². The van der Waals surface area contributed by atoms with E-state index in [4.69, 9.17) is 14.6 Å². The normalized spacial score (nSPS) is 13.1. The molecule has 2 atom stereocenters. The summed E-state index contributed by atoms with van der Waals surface area (Å²) in [6, 6.07) is 18.3. The van der Waals surface area contributed by atoms with Gasteiger partial charge in [-0.25, -0.2) is 4.39 Å². The fourth-order valence-corrected chi connectivity index (χ4v) is 4.95. The van der Waals surface area contributed by atoms with Gasteiger partial charge in [0.05, 0.1) is 24.8 Å². The molecule has 0 amide bonds. The molecule has 186 valence electrons. The molecule has 35 heavy (non-hydrogen) atoms. The van der Waals surface area contributed by atoms with Crippen molar-refractivity contribution >= 4 is 14.0 Å². The number of rotatable bonds is 12. The first-order valence-corrected chi connectivity index (χ1v) is 13.2. The Labute approximate surface area is 205 Å². The minimum atomic E-state index is -2.54. The molecule has 6 nitrogen and oxygen atoms in total. The molecule has 1 heterocycles. The number of aliphatic hydroxyl groups is 1. The molecule has 0 aliphatic carbocycles. The monoisotopic (exact) mass is 499 g/mol. The highest BCUT2D eigenvalue weighted by molar-refractivity contribution is 7.39. The highest BCUT2D eigenvalue weighted by atomic mass is 31.1. The van der Waals surface area contributed by atoms with Gasteiger partial charge in [0.15, 0.2) is 8.03 Å². The molecule has 1 aromatic heterocycles. The van der Waals surface area contributed by atoms with Crippen LogP contribution in [0.3, 0.4) is 0 Å².